The summed E-state index contributed by atoms with van der Waals surface area (Å²) in [6.07, 6.45) is 0.133. The molecule has 0 bridgehead atoms. The normalized spacial score (nSPS) is 15.2. The minimum atomic E-state index is -1.23. The molecule has 0 saturated heterocycles. The van der Waals surface area contributed by atoms with Gasteiger partial charge in [0.2, 0.25) is 0 Å². The Balaban J connectivity index is 1.77. The van der Waals surface area contributed by atoms with Crippen LogP contribution in [-0.4, -0.2) is 46.0 Å². The quantitative estimate of drug-likeness (QED) is 0.653. The number of carbonyl (C=O) groups excluding carboxylic acids is 2. The first-order chi connectivity index (χ1) is 13.9. The van der Waals surface area contributed by atoms with Crippen LogP contribution < -0.4 is 5.32 Å². The molecule has 1 atom stereocenters. The van der Waals surface area contributed by atoms with E-state index in [9.17, 15) is 19.5 Å². The average Bonchev–Trinajstić information content (AvgIpc) is 2.72. The van der Waals surface area contributed by atoms with Gasteiger partial charge >= 0.3 is 5.97 Å². The monoisotopic (exact) mass is 394 g/mol. The number of amides is 2. The molecule has 0 spiro atoms. The van der Waals surface area contributed by atoms with E-state index in [1.165, 1.54) is 4.90 Å². The summed E-state index contributed by atoms with van der Waals surface area (Å²) < 4.78 is 0. The third-order valence-corrected chi connectivity index (χ3v) is 4.95. The van der Waals surface area contributed by atoms with Crippen molar-refractivity contribution in [3.63, 3.8) is 0 Å². The van der Waals surface area contributed by atoms with Gasteiger partial charge in [-0.15, -0.1) is 0 Å². The van der Waals surface area contributed by atoms with Crippen molar-refractivity contribution in [3.8, 4) is 11.1 Å². The number of hydrogen-bond acceptors (Lipinski definition) is 4. The molecule has 1 unspecified atom stereocenters. The largest absolute Gasteiger partial charge is 0.511 e. The second kappa shape index (κ2) is 8.60. The van der Waals surface area contributed by atoms with Crippen molar-refractivity contribution in [2.24, 2.45) is 0 Å². The maximum atomic E-state index is 12.8. The average molecular weight is 394 g/mol. The maximum Gasteiger partial charge on any atom is 0.322 e. The summed E-state index contributed by atoms with van der Waals surface area (Å²) in [6, 6.07) is 17.4. The summed E-state index contributed by atoms with van der Waals surface area (Å²) in [7, 11) is 0. The van der Waals surface area contributed by atoms with Crippen molar-refractivity contribution in [2.75, 3.05) is 13.1 Å². The van der Waals surface area contributed by atoms with Crippen molar-refractivity contribution in [2.45, 2.75) is 19.4 Å². The first-order valence-corrected chi connectivity index (χ1v) is 9.27. The van der Waals surface area contributed by atoms with Gasteiger partial charge < -0.3 is 20.4 Å². The molecule has 0 aromatic heterocycles. The molecule has 29 heavy (non-hydrogen) atoms. The molecule has 0 fully saturated rings. The third kappa shape index (κ3) is 4.45. The number of nitrogens with one attached hydrogen (secondary N) is 1. The highest BCUT2D eigenvalue weighted by Gasteiger charge is 2.34. The number of benzene rings is 2. The van der Waals surface area contributed by atoms with Gasteiger partial charge in [0.15, 0.2) is 0 Å². The molecule has 2 aromatic carbocycles. The van der Waals surface area contributed by atoms with E-state index in [1.807, 2.05) is 61.5 Å². The fraction of sp³-hybridized carbons (Fsp3) is 0.227. The van der Waals surface area contributed by atoms with E-state index < -0.39 is 29.9 Å². The van der Waals surface area contributed by atoms with Crippen LogP contribution in [0.5, 0.6) is 0 Å². The number of rotatable bonds is 6. The smallest absolute Gasteiger partial charge is 0.322 e. The van der Waals surface area contributed by atoms with E-state index in [2.05, 4.69) is 5.32 Å². The number of carboxylic acid groups (broad SMARTS) is 1. The molecule has 2 amide bonds. The molecule has 150 valence electrons. The fourth-order valence-corrected chi connectivity index (χ4v) is 3.33. The van der Waals surface area contributed by atoms with Gasteiger partial charge in [-0.05, 0) is 23.6 Å². The number of nitrogens with zero attached hydrogens (tertiary/aromatic N) is 1. The van der Waals surface area contributed by atoms with Gasteiger partial charge in [-0.2, -0.15) is 0 Å². The summed E-state index contributed by atoms with van der Waals surface area (Å²) >= 11 is 0. The van der Waals surface area contributed by atoms with Crippen LogP contribution in [0.1, 0.15) is 24.9 Å². The van der Waals surface area contributed by atoms with Gasteiger partial charge in [0.05, 0.1) is 6.04 Å². The Morgan fingerprint density at radius 3 is 2.31 bits per heavy atom. The molecule has 3 N–H and O–H groups in total. The predicted octanol–water partition coefficient (Wildman–Crippen LogP) is 2.66. The van der Waals surface area contributed by atoms with Crippen LogP contribution in [0.3, 0.4) is 0 Å². The Bertz CT molecular complexity index is 951. The molecule has 7 heteroatoms. The number of aliphatic hydroxyl groups is 1. The lowest BCUT2D eigenvalue weighted by Gasteiger charge is -2.33. The first kappa shape index (κ1) is 20.1. The fourth-order valence-electron chi connectivity index (χ4n) is 3.33. The minimum Gasteiger partial charge on any atom is -0.511 e. The zero-order valence-electron chi connectivity index (χ0n) is 16.0. The van der Waals surface area contributed by atoms with Gasteiger partial charge in [-0.3, -0.25) is 14.4 Å². The van der Waals surface area contributed by atoms with Crippen LogP contribution in [0.2, 0.25) is 0 Å². The molecule has 7 nitrogen and oxygen atoms in total. The lowest BCUT2D eigenvalue weighted by molar-refractivity contribution is -0.139. The molecule has 0 radical (unpaired) electrons. The zero-order valence-corrected chi connectivity index (χ0v) is 16.0. The minimum absolute atomic E-state index is 0.133. The maximum absolute atomic E-state index is 12.8. The number of hydrogen-bond donors (Lipinski definition) is 3. The molecular weight excluding hydrogens is 372 g/mol. The predicted molar refractivity (Wildman–Crippen MR) is 107 cm³/mol. The number of carbonyl (C=O) groups is 3. The summed E-state index contributed by atoms with van der Waals surface area (Å²) in [5.41, 5.74) is 2.64. The molecule has 1 heterocycles. The van der Waals surface area contributed by atoms with Gasteiger partial charge in [-0.1, -0.05) is 54.6 Å². The van der Waals surface area contributed by atoms with Crippen molar-refractivity contribution < 1.29 is 24.6 Å². The van der Waals surface area contributed by atoms with Crippen molar-refractivity contribution >= 4 is 17.8 Å². The lowest BCUT2D eigenvalue weighted by atomic mass is 9.98. The Hall–Kier alpha value is -3.61. The number of carboxylic acids is 1. The second-order valence-electron chi connectivity index (χ2n) is 6.81. The van der Waals surface area contributed by atoms with Gasteiger partial charge in [-0.25, -0.2) is 0 Å². The van der Waals surface area contributed by atoms with E-state index >= 15 is 0 Å². The highest BCUT2D eigenvalue weighted by atomic mass is 16.4. The Labute approximate surface area is 168 Å². The van der Waals surface area contributed by atoms with Crippen LogP contribution in [0.25, 0.3) is 11.1 Å². The first-order valence-electron chi connectivity index (χ1n) is 9.27. The molecule has 2 aromatic rings. The molecule has 1 aliphatic heterocycles. The Morgan fingerprint density at radius 2 is 1.69 bits per heavy atom. The molecule has 1 aliphatic rings. The standard InChI is InChI=1S/C22H22N2O5/c1-14(15-7-9-17(10-8-15)16-5-3-2-4-6-16)24-12-11-18(25)20(22(24)29)21(28)23-13-19(26)27/h2-10,14,25H,11-13H2,1H3,(H,23,28)(H,26,27). The van der Waals surface area contributed by atoms with E-state index in [-0.39, 0.29) is 24.8 Å². The van der Waals surface area contributed by atoms with Gasteiger partial charge in [0.25, 0.3) is 11.8 Å². The molecule has 3 rings (SSSR count). The summed E-state index contributed by atoms with van der Waals surface area (Å²) in [6.45, 7) is 1.49. The SMILES string of the molecule is CC(c1ccc(-c2ccccc2)cc1)N1CCC(O)=C(C(=O)NCC(=O)O)C1=O. The number of aliphatic carboxylic acids is 1. The van der Waals surface area contributed by atoms with E-state index in [0.29, 0.717) is 0 Å². The van der Waals surface area contributed by atoms with Crippen molar-refractivity contribution in [3.05, 3.63) is 71.5 Å². The van der Waals surface area contributed by atoms with E-state index in [0.717, 1.165) is 16.7 Å². The van der Waals surface area contributed by atoms with Gasteiger partial charge in [0, 0.05) is 13.0 Å². The van der Waals surface area contributed by atoms with Crippen molar-refractivity contribution in [1.82, 2.24) is 10.2 Å². The lowest BCUT2D eigenvalue weighted by Crippen LogP contribution is -2.44. The summed E-state index contributed by atoms with van der Waals surface area (Å²) in [4.78, 5) is 37.2. The second-order valence-corrected chi connectivity index (χ2v) is 6.81. The van der Waals surface area contributed by atoms with Crippen LogP contribution in [0.4, 0.5) is 0 Å². The highest BCUT2D eigenvalue weighted by molar-refractivity contribution is 6.19. The Morgan fingerprint density at radius 1 is 1.07 bits per heavy atom. The number of aliphatic hydroxyl groups excluding tert-OH is 1. The molecule has 0 saturated carbocycles. The van der Waals surface area contributed by atoms with Crippen LogP contribution in [-0.2, 0) is 14.4 Å². The topological polar surface area (TPSA) is 107 Å². The molecule has 0 aliphatic carbocycles. The van der Waals surface area contributed by atoms with E-state index in [4.69, 9.17) is 5.11 Å². The summed E-state index contributed by atoms with van der Waals surface area (Å²) in [5.74, 6) is -3.05. The van der Waals surface area contributed by atoms with Crippen LogP contribution >= 0.6 is 0 Å². The van der Waals surface area contributed by atoms with Crippen LogP contribution in [0.15, 0.2) is 65.9 Å². The summed E-state index contributed by atoms with van der Waals surface area (Å²) in [5, 5.41) is 20.9. The third-order valence-electron chi connectivity index (χ3n) is 4.95. The van der Waals surface area contributed by atoms with E-state index in [1.54, 1.807) is 0 Å². The highest BCUT2D eigenvalue weighted by Crippen LogP contribution is 2.29. The van der Waals surface area contributed by atoms with Crippen molar-refractivity contribution in [1.29, 1.82) is 0 Å². The van der Waals surface area contributed by atoms with Gasteiger partial charge in [0.1, 0.15) is 17.9 Å². The van der Waals surface area contributed by atoms with Crippen LogP contribution in [0, 0.1) is 0 Å². The molecular formula is C22H22N2O5. The Kier molecular flexibility index (Phi) is 5.97. The zero-order chi connectivity index (χ0) is 21.0.